The summed E-state index contributed by atoms with van der Waals surface area (Å²) in [4.78, 5) is 16.0. The van der Waals surface area contributed by atoms with Gasteiger partial charge in [0.15, 0.2) is 0 Å². The van der Waals surface area contributed by atoms with Crippen LogP contribution in [0.5, 0.6) is 0 Å². The van der Waals surface area contributed by atoms with Gasteiger partial charge in [-0.2, -0.15) is 0 Å². The molecular weight excluding hydrogens is 370 g/mol. The van der Waals surface area contributed by atoms with Gasteiger partial charge in [0, 0.05) is 24.2 Å². The zero-order valence-electron chi connectivity index (χ0n) is 16.1. The molecule has 6 aliphatic rings. The first-order valence-electron chi connectivity index (χ1n) is 10.5. The molecule has 0 radical (unpaired) electrons. The number of aromatic nitrogens is 1. The normalized spacial score (nSPS) is 38.4. The molecule has 1 amide bonds. The van der Waals surface area contributed by atoms with Crippen molar-refractivity contribution in [3.8, 4) is 0 Å². The van der Waals surface area contributed by atoms with E-state index in [1.54, 1.807) is 6.20 Å². The van der Waals surface area contributed by atoms with Crippen molar-refractivity contribution in [2.75, 3.05) is 5.32 Å². The lowest BCUT2D eigenvalue weighted by Crippen LogP contribution is -2.59. The first kappa shape index (κ1) is 17.3. The van der Waals surface area contributed by atoms with E-state index in [1.807, 2.05) is 0 Å². The second-order valence-electron chi connectivity index (χ2n) is 9.32. The minimum atomic E-state index is -0.961. The molecule has 8 nitrogen and oxygen atoms in total. The molecule has 6 atom stereocenters. The highest BCUT2D eigenvalue weighted by Gasteiger charge is 2.55. The van der Waals surface area contributed by atoms with Crippen LogP contribution >= 0.6 is 0 Å². The van der Waals surface area contributed by atoms with Crippen LogP contribution in [-0.4, -0.2) is 39.8 Å². The largest absolute Gasteiger partial charge is 0.441 e. The molecule has 1 aliphatic heterocycles. The molecule has 4 fully saturated rings. The number of anilines is 1. The van der Waals surface area contributed by atoms with E-state index in [0.29, 0.717) is 29.7 Å². The van der Waals surface area contributed by atoms with Gasteiger partial charge in [-0.25, -0.2) is 0 Å². The first-order valence-corrected chi connectivity index (χ1v) is 10.5. The van der Waals surface area contributed by atoms with E-state index in [0.717, 1.165) is 48.2 Å². The maximum absolute atomic E-state index is 11.5. The van der Waals surface area contributed by atoms with E-state index in [2.05, 4.69) is 33.0 Å². The van der Waals surface area contributed by atoms with E-state index in [4.69, 9.17) is 10.5 Å². The number of nitrogens with two attached hydrogens (primary N) is 1. The second kappa shape index (κ2) is 5.95. The Morgan fingerprint density at radius 3 is 2.79 bits per heavy atom. The molecule has 5 N–H and O–H groups in total. The number of fused-ring (bicyclic) bond motifs is 1. The highest BCUT2D eigenvalue weighted by atomic mass is 16.5. The zero-order chi connectivity index (χ0) is 19.8. The Bertz CT molecular complexity index is 942. The van der Waals surface area contributed by atoms with Crippen molar-refractivity contribution in [2.24, 2.45) is 28.6 Å². The molecule has 1 aromatic rings. The predicted octanol–water partition coefficient (Wildman–Crippen LogP) is 1.10. The molecule has 4 saturated carbocycles. The van der Waals surface area contributed by atoms with Crippen LogP contribution in [0.3, 0.4) is 0 Å². The van der Waals surface area contributed by atoms with Crippen molar-refractivity contribution < 1.29 is 14.6 Å². The van der Waals surface area contributed by atoms with E-state index in [9.17, 15) is 9.90 Å². The summed E-state index contributed by atoms with van der Waals surface area (Å²) >= 11 is 0. The van der Waals surface area contributed by atoms with Crippen LogP contribution in [-0.2, 0) is 16.0 Å². The van der Waals surface area contributed by atoms with Crippen molar-refractivity contribution in [3.05, 3.63) is 29.1 Å². The lowest BCUT2D eigenvalue weighted by molar-refractivity contribution is -0.129. The molecule has 0 spiro atoms. The minimum absolute atomic E-state index is 0.313. The van der Waals surface area contributed by atoms with Crippen LogP contribution in [0, 0.1) is 17.8 Å². The molecule has 4 unspecified atom stereocenters. The Kier molecular flexibility index (Phi) is 3.54. The van der Waals surface area contributed by atoms with E-state index in [-0.39, 0.29) is 0 Å². The second-order valence-corrected chi connectivity index (χ2v) is 9.32. The van der Waals surface area contributed by atoms with Crippen molar-refractivity contribution in [1.82, 2.24) is 10.4 Å². The third kappa shape index (κ3) is 2.65. The molecule has 4 bridgehead atoms. The molecular formula is C21H25N5O3. The van der Waals surface area contributed by atoms with Crippen molar-refractivity contribution in [3.63, 3.8) is 0 Å². The number of hydrogen-bond acceptors (Lipinski definition) is 7. The highest BCUT2D eigenvalue weighted by molar-refractivity contribution is 6.03. The number of nitrogens with zero attached hydrogens (tertiary/aromatic N) is 2. The third-order valence-corrected chi connectivity index (χ3v) is 7.35. The number of ether oxygens (including phenoxy) is 1. The summed E-state index contributed by atoms with van der Waals surface area (Å²) in [7, 11) is 0. The number of carbonyl (C=O) groups is 1. The summed E-state index contributed by atoms with van der Waals surface area (Å²) in [6, 6.07) is 0.313. The van der Waals surface area contributed by atoms with Crippen LogP contribution < -0.4 is 16.5 Å². The average molecular weight is 395 g/mol. The molecule has 8 heteroatoms. The Balaban J connectivity index is 1.35. The molecule has 29 heavy (non-hydrogen) atoms. The quantitative estimate of drug-likeness (QED) is 0.606. The zero-order valence-corrected chi connectivity index (χ0v) is 16.1. The van der Waals surface area contributed by atoms with Crippen LogP contribution in [0.25, 0.3) is 6.08 Å². The van der Waals surface area contributed by atoms with Crippen LogP contribution in [0.4, 0.5) is 5.69 Å². The summed E-state index contributed by atoms with van der Waals surface area (Å²) in [5.74, 6) is 1.31. The van der Waals surface area contributed by atoms with E-state index < -0.39 is 17.7 Å². The van der Waals surface area contributed by atoms with Crippen molar-refractivity contribution >= 4 is 23.6 Å². The SMILES string of the molecule is NC(=O)C1NN=C(c2cnc3c(c2NC2[C@@H]4CC5C[C@H]2CC(O)(C5)C4)C=CC3)O1. The van der Waals surface area contributed by atoms with Gasteiger partial charge in [-0.1, -0.05) is 12.2 Å². The molecule has 7 rings (SSSR count). The van der Waals surface area contributed by atoms with Gasteiger partial charge in [0.25, 0.3) is 12.1 Å². The lowest BCUT2D eigenvalue weighted by Gasteiger charge is -2.58. The topological polar surface area (TPSA) is 122 Å². The number of rotatable bonds is 4. The number of nitrogens with one attached hydrogen (secondary N) is 2. The fraction of sp³-hybridized carbons (Fsp3) is 0.571. The van der Waals surface area contributed by atoms with Gasteiger partial charge in [-0.05, 0) is 49.9 Å². The fourth-order valence-corrected chi connectivity index (χ4v) is 6.42. The predicted molar refractivity (Wildman–Crippen MR) is 107 cm³/mol. The standard InChI is InChI=1S/C21H25N5O3/c22-18(27)20-26-25-19(29-20)14-9-23-15-3-1-2-13(15)17(14)24-16-11-4-10-5-12(16)8-21(28,6-10)7-11/h1-2,9-12,16,20,26,28H,3-8H2,(H2,22,27)(H,23,24)/t10?,11-,12+,16?,20?,21?. The Labute approximate surface area is 168 Å². The Morgan fingerprint density at radius 1 is 1.31 bits per heavy atom. The van der Waals surface area contributed by atoms with Crippen LogP contribution in [0.2, 0.25) is 0 Å². The van der Waals surface area contributed by atoms with Gasteiger partial charge in [0.1, 0.15) is 0 Å². The number of aliphatic hydroxyl groups is 1. The minimum Gasteiger partial charge on any atom is -0.441 e. The van der Waals surface area contributed by atoms with Crippen molar-refractivity contribution in [2.45, 2.75) is 56.4 Å². The van der Waals surface area contributed by atoms with E-state index >= 15 is 0 Å². The smallest absolute Gasteiger partial charge is 0.281 e. The highest BCUT2D eigenvalue weighted by Crippen LogP contribution is 2.56. The number of amides is 1. The summed E-state index contributed by atoms with van der Waals surface area (Å²) in [6.45, 7) is 0. The van der Waals surface area contributed by atoms with Crippen molar-refractivity contribution in [1.29, 1.82) is 0 Å². The number of hydrazone groups is 1. The van der Waals surface area contributed by atoms with Gasteiger partial charge < -0.3 is 20.9 Å². The van der Waals surface area contributed by atoms with Gasteiger partial charge in [0.2, 0.25) is 5.90 Å². The molecule has 5 aliphatic carbocycles. The summed E-state index contributed by atoms with van der Waals surface area (Å²) in [5, 5.41) is 18.9. The third-order valence-electron chi connectivity index (χ3n) is 7.35. The van der Waals surface area contributed by atoms with Crippen LogP contribution in [0.15, 0.2) is 17.4 Å². The van der Waals surface area contributed by atoms with Gasteiger partial charge in [-0.15, -0.1) is 5.10 Å². The van der Waals surface area contributed by atoms with Gasteiger partial charge in [0.05, 0.1) is 22.5 Å². The summed E-state index contributed by atoms with van der Waals surface area (Å²) < 4.78 is 5.65. The molecule has 0 saturated heterocycles. The number of primary amides is 1. The fourth-order valence-electron chi connectivity index (χ4n) is 6.42. The van der Waals surface area contributed by atoms with Gasteiger partial charge >= 0.3 is 0 Å². The summed E-state index contributed by atoms with van der Waals surface area (Å²) in [5.41, 5.74) is 11.3. The number of carbonyl (C=O) groups excluding carboxylic acids is 1. The number of hydrogen-bond donors (Lipinski definition) is 4. The Morgan fingerprint density at radius 2 is 2.10 bits per heavy atom. The summed E-state index contributed by atoms with van der Waals surface area (Å²) in [6.07, 6.45) is 10.9. The lowest BCUT2D eigenvalue weighted by atomic mass is 9.52. The molecule has 1 aromatic heterocycles. The molecule has 0 aromatic carbocycles. The Hall–Kier alpha value is -2.61. The number of allylic oxidation sites excluding steroid dienone is 1. The first-order chi connectivity index (χ1) is 14.0. The molecule has 2 heterocycles. The van der Waals surface area contributed by atoms with Gasteiger partial charge in [-0.3, -0.25) is 15.2 Å². The van der Waals surface area contributed by atoms with Crippen LogP contribution in [0.1, 0.15) is 48.9 Å². The molecule has 152 valence electrons. The monoisotopic (exact) mass is 395 g/mol. The van der Waals surface area contributed by atoms with E-state index in [1.165, 1.54) is 12.8 Å². The average Bonchev–Trinajstić information content (AvgIpc) is 3.32. The maximum Gasteiger partial charge on any atom is 0.281 e. The number of pyridine rings is 1. The maximum atomic E-state index is 11.5.